The maximum atomic E-state index is 5.64. The summed E-state index contributed by atoms with van der Waals surface area (Å²) in [6.45, 7) is 0. The number of hydrogen-bond donors (Lipinski definition) is 1. The summed E-state index contributed by atoms with van der Waals surface area (Å²) in [6.07, 6.45) is 2.21. The Morgan fingerprint density at radius 2 is 1.80 bits per heavy atom. The van der Waals surface area contributed by atoms with Gasteiger partial charge in [0.25, 0.3) is 0 Å². The van der Waals surface area contributed by atoms with E-state index < -0.39 is 0 Å². The molecule has 1 aliphatic rings. The van der Waals surface area contributed by atoms with E-state index in [0.29, 0.717) is 18.1 Å². The first-order valence-corrected chi connectivity index (χ1v) is 5.29. The quantitative estimate of drug-likeness (QED) is 0.884. The fraction of sp³-hybridized carbons (Fsp3) is 0.625. The third-order valence-corrected chi connectivity index (χ3v) is 2.68. The first-order valence-electron chi connectivity index (χ1n) is 4.54. The molecule has 0 atom stereocenters. The minimum atomic E-state index is 0.0973. The van der Waals surface area contributed by atoms with E-state index in [1.807, 2.05) is 0 Å². The van der Waals surface area contributed by atoms with Crippen LogP contribution in [0.1, 0.15) is 12.8 Å². The molecule has 1 heterocycles. The van der Waals surface area contributed by atoms with E-state index in [4.69, 9.17) is 27.9 Å². The molecule has 1 aromatic rings. The number of hydrogen-bond acceptors (Lipinski definition) is 5. The van der Waals surface area contributed by atoms with Crippen LogP contribution in [-0.4, -0.2) is 34.2 Å². The van der Waals surface area contributed by atoms with Crippen LogP contribution in [0.3, 0.4) is 0 Å². The molecule has 0 unspecified atom stereocenters. The van der Waals surface area contributed by atoms with Crippen molar-refractivity contribution in [1.82, 2.24) is 15.0 Å². The number of anilines is 1. The summed E-state index contributed by atoms with van der Waals surface area (Å²) in [7, 11) is 1.71. The normalized spacial score (nSPS) is 24.7. The Labute approximate surface area is 97.2 Å². The topological polar surface area (TPSA) is 59.9 Å². The smallest absolute Gasteiger partial charge is 0.228 e. The van der Waals surface area contributed by atoms with E-state index >= 15 is 0 Å². The predicted octanol–water partition coefficient (Wildman–Crippen LogP) is 1.77. The molecule has 15 heavy (non-hydrogen) atoms. The largest absolute Gasteiger partial charge is 0.381 e. The molecule has 1 N–H and O–H groups in total. The Bertz CT molecular complexity index is 336. The van der Waals surface area contributed by atoms with E-state index in [2.05, 4.69) is 20.3 Å². The first kappa shape index (κ1) is 10.9. The highest BCUT2D eigenvalue weighted by molar-refractivity contribution is 6.31. The summed E-state index contributed by atoms with van der Waals surface area (Å²) >= 11 is 11.3. The molecule has 0 amide bonds. The minimum absolute atomic E-state index is 0.0973. The molecule has 1 fully saturated rings. The average Bonchev–Trinajstić information content (AvgIpc) is 2.08. The monoisotopic (exact) mass is 248 g/mol. The lowest BCUT2D eigenvalue weighted by Crippen LogP contribution is -2.40. The van der Waals surface area contributed by atoms with Gasteiger partial charge in [-0.2, -0.15) is 15.0 Å². The van der Waals surface area contributed by atoms with Crippen LogP contribution in [0.5, 0.6) is 0 Å². The fourth-order valence-electron chi connectivity index (χ4n) is 1.45. The van der Waals surface area contributed by atoms with Crippen molar-refractivity contribution >= 4 is 29.2 Å². The summed E-state index contributed by atoms with van der Waals surface area (Å²) < 4.78 is 5.16. The molecule has 0 aromatic carbocycles. The van der Waals surface area contributed by atoms with Crippen molar-refractivity contribution in [2.75, 3.05) is 12.4 Å². The van der Waals surface area contributed by atoms with Crippen molar-refractivity contribution in [2.45, 2.75) is 25.0 Å². The fourth-order valence-corrected chi connectivity index (χ4v) is 1.81. The Morgan fingerprint density at radius 1 is 1.20 bits per heavy atom. The van der Waals surface area contributed by atoms with E-state index in [9.17, 15) is 0 Å². The van der Waals surface area contributed by atoms with Crippen LogP contribution in [-0.2, 0) is 4.74 Å². The maximum absolute atomic E-state index is 5.64. The van der Waals surface area contributed by atoms with Crippen LogP contribution in [0, 0.1) is 0 Å². The third-order valence-electron chi connectivity index (χ3n) is 2.34. The van der Waals surface area contributed by atoms with Gasteiger partial charge in [-0.3, -0.25) is 0 Å². The van der Waals surface area contributed by atoms with Crippen molar-refractivity contribution < 1.29 is 4.74 Å². The van der Waals surface area contributed by atoms with Gasteiger partial charge in [-0.15, -0.1) is 0 Å². The Kier molecular flexibility index (Phi) is 3.23. The van der Waals surface area contributed by atoms with Gasteiger partial charge < -0.3 is 10.1 Å². The van der Waals surface area contributed by atoms with Crippen LogP contribution >= 0.6 is 23.2 Å². The van der Waals surface area contributed by atoms with E-state index in [-0.39, 0.29) is 10.6 Å². The summed E-state index contributed by atoms with van der Waals surface area (Å²) in [5.41, 5.74) is 0. The van der Waals surface area contributed by atoms with Crippen molar-refractivity contribution in [2.24, 2.45) is 0 Å². The lowest BCUT2D eigenvalue weighted by molar-refractivity contribution is 0.0327. The molecular weight excluding hydrogens is 239 g/mol. The number of nitrogens with zero attached hydrogens (tertiary/aromatic N) is 3. The van der Waals surface area contributed by atoms with E-state index in [1.54, 1.807) is 7.11 Å². The Hall–Kier alpha value is -0.650. The number of halogens is 2. The molecule has 2 rings (SSSR count). The van der Waals surface area contributed by atoms with Crippen LogP contribution in [0.25, 0.3) is 0 Å². The van der Waals surface area contributed by atoms with Crippen LogP contribution in [0.2, 0.25) is 10.6 Å². The molecule has 0 saturated heterocycles. The van der Waals surface area contributed by atoms with Gasteiger partial charge in [0.05, 0.1) is 6.10 Å². The van der Waals surface area contributed by atoms with Crippen LogP contribution in [0.15, 0.2) is 0 Å². The lowest BCUT2D eigenvalue weighted by Gasteiger charge is -2.34. The van der Waals surface area contributed by atoms with Crippen LogP contribution in [0.4, 0.5) is 5.95 Å². The van der Waals surface area contributed by atoms with Crippen molar-refractivity contribution in [3.8, 4) is 0 Å². The third kappa shape index (κ3) is 2.68. The molecule has 0 aliphatic heterocycles. The molecule has 1 saturated carbocycles. The molecule has 1 aliphatic carbocycles. The molecule has 0 radical (unpaired) electrons. The second-order valence-electron chi connectivity index (χ2n) is 3.37. The first-order chi connectivity index (χ1) is 7.17. The zero-order valence-electron chi connectivity index (χ0n) is 8.07. The summed E-state index contributed by atoms with van der Waals surface area (Å²) in [5.74, 6) is 0.416. The predicted molar refractivity (Wildman–Crippen MR) is 57.3 cm³/mol. The maximum Gasteiger partial charge on any atom is 0.228 e. The number of ether oxygens (including phenoxy) is 1. The zero-order chi connectivity index (χ0) is 10.8. The Morgan fingerprint density at radius 3 is 2.33 bits per heavy atom. The van der Waals surface area contributed by atoms with Gasteiger partial charge in [-0.25, -0.2) is 0 Å². The van der Waals surface area contributed by atoms with Gasteiger partial charge in [0.15, 0.2) is 0 Å². The number of rotatable bonds is 3. The zero-order valence-corrected chi connectivity index (χ0v) is 9.59. The second-order valence-corrected chi connectivity index (χ2v) is 4.04. The standard InChI is InChI=1S/C8H10Cl2N4O/c1-15-5-2-4(3-5)11-8-13-6(9)12-7(10)14-8/h4-5H,2-3H2,1H3,(H,11,12,13,14). The summed E-state index contributed by atoms with van der Waals surface area (Å²) in [4.78, 5) is 11.5. The highest BCUT2D eigenvalue weighted by atomic mass is 35.5. The average molecular weight is 249 g/mol. The van der Waals surface area contributed by atoms with Gasteiger partial charge in [0.2, 0.25) is 16.5 Å². The molecule has 0 bridgehead atoms. The van der Waals surface area contributed by atoms with Crippen molar-refractivity contribution in [3.05, 3.63) is 10.6 Å². The van der Waals surface area contributed by atoms with Gasteiger partial charge in [0, 0.05) is 13.2 Å². The molecule has 82 valence electrons. The van der Waals surface area contributed by atoms with E-state index in [1.165, 1.54) is 0 Å². The number of methoxy groups -OCH3 is 1. The summed E-state index contributed by atoms with van der Waals surface area (Å²) in [6, 6.07) is 0.324. The van der Waals surface area contributed by atoms with Gasteiger partial charge in [-0.05, 0) is 36.0 Å². The highest BCUT2D eigenvalue weighted by Crippen LogP contribution is 2.25. The molecule has 7 heteroatoms. The molecule has 0 spiro atoms. The lowest BCUT2D eigenvalue weighted by atomic mass is 9.89. The molecular formula is C8H10Cl2N4O. The number of aromatic nitrogens is 3. The van der Waals surface area contributed by atoms with Crippen molar-refractivity contribution in [1.29, 1.82) is 0 Å². The minimum Gasteiger partial charge on any atom is -0.381 e. The molecule has 1 aromatic heterocycles. The SMILES string of the molecule is COC1CC(Nc2nc(Cl)nc(Cl)n2)C1. The summed E-state index contributed by atoms with van der Waals surface area (Å²) in [5, 5.41) is 3.31. The number of nitrogens with one attached hydrogen (secondary N) is 1. The highest BCUT2D eigenvalue weighted by Gasteiger charge is 2.29. The Balaban J connectivity index is 1.94. The van der Waals surface area contributed by atoms with Gasteiger partial charge in [0.1, 0.15) is 0 Å². The van der Waals surface area contributed by atoms with Gasteiger partial charge >= 0.3 is 0 Å². The van der Waals surface area contributed by atoms with Crippen molar-refractivity contribution in [3.63, 3.8) is 0 Å². The van der Waals surface area contributed by atoms with Gasteiger partial charge in [-0.1, -0.05) is 0 Å². The second kappa shape index (κ2) is 4.47. The molecule has 5 nitrogen and oxygen atoms in total. The van der Waals surface area contributed by atoms with E-state index in [0.717, 1.165) is 12.8 Å². The van der Waals surface area contributed by atoms with Crippen LogP contribution < -0.4 is 5.32 Å².